The van der Waals surface area contributed by atoms with E-state index in [-0.39, 0.29) is 24.0 Å². The predicted octanol–water partition coefficient (Wildman–Crippen LogP) is 6.37. The number of aryl methyl sites for hydroxylation is 2. The van der Waals surface area contributed by atoms with Gasteiger partial charge < -0.3 is 4.74 Å². The quantitative estimate of drug-likeness (QED) is 0.216. The Hall–Kier alpha value is -4.69. The summed E-state index contributed by atoms with van der Waals surface area (Å²) < 4.78 is 42.5. The van der Waals surface area contributed by atoms with E-state index in [0.717, 1.165) is 35.2 Å². The highest BCUT2D eigenvalue weighted by atomic mass is 32.2. The molecule has 0 atom stereocenters. The van der Waals surface area contributed by atoms with E-state index in [2.05, 4.69) is 32.2 Å². The van der Waals surface area contributed by atoms with Crippen LogP contribution < -0.4 is 15.1 Å². The number of urea groups is 1. The maximum Gasteiger partial charge on any atom is 0.573 e. The van der Waals surface area contributed by atoms with Gasteiger partial charge in [-0.2, -0.15) is 4.99 Å². The number of thioether (sulfide) groups is 1. The van der Waals surface area contributed by atoms with Crippen LogP contribution in [0.15, 0.2) is 78.0 Å². The largest absolute Gasteiger partial charge is 0.573 e. The van der Waals surface area contributed by atoms with Crippen LogP contribution in [-0.2, 0) is 22.7 Å². The third-order valence-electron chi connectivity index (χ3n) is 6.40. The van der Waals surface area contributed by atoms with Crippen LogP contribution in [0.2, 0.25) is 0 Å². The summed E-state index contributed by atoms with van der Waals surface area (Å²) in [5.41, 5.74) is 7.00. The summed E-state index contributed by atoms with van der Waals surface area (Å²) in [5, 5.41) is 4.67. The first-order chi connectivity index (χ1) is 21.1. The van der Waals surface area contributed by atoms with Gasteiger partial charge in [0, 0.05) is 5.56 Å². The number of hydroxylamine groups is 1. The molecular weight excluding hydrogens is 597 g/mol. The van der Waals surface area contributed by atoms with Crippen molar-refractivity contribution in [2.45, 2.75) is 39.7 Å². The Morgan fingerprint density at radius 2 is 1.84 bits per heavy atom. The van der Waals surface area contributed by atoms with Crippen LogP contribution in [0.3, 0.4) is 0 Å². The van der Waals surface area contributed by atoms with E-state index in [9.17, 15) is 22.8 Å². The Kier molecular flexibility index (Phi) is 9.30. The van der Waals surface area contributed by atoms with Gasteiger partial charge in [0.1, 0.15) is 12.1 Å². The van der Waals surface area contributed by atoms with Gasteiger partial charge in [0.05, 0.1) is 23.7 Å². The van der Waals surface area contributed by atoms with Crippen LogP contribution in [0.4, 0.5) is 23.7 Å². The summed E-state index contributed by atoms with van der Waals surface area (Å²) in [7, 11) is 0. The molecule has 0 unspecified atom stereocenters. The van der Waals surface area contributed by atoms with Gasteiger partial charge in [-0.3, -0.25) is 14.5 Å². The summed E-state index contributed by atoms with van der Waals surface area (Å²) in [4.78, 5) is 40.4. The van der Waals surface area contributed by atoms with Crippen molar-refractivity contribution in [3.63, 3.8) is 0 Å². The molecule has 44 heavy (non-hydrogen) atoms. The highest BCUT2D eigenvalue weighted by Crippen LogP contribution is 2.31. The molecule has 14 heteroatoms. The number of nitrogens with one attached hydrogen (secondary N) is 1. The number of amidine groups is 1. The Morgan fingerprint density at radius 3 is 2.55 bits per heavy atom. The number of ether oxygens (including phenoxy) is 1. The predicted molar refractivity (Wildman–Crippen MR) is 159 cm³/mol. The summed E-state index contributed by atoms with van der Waals surface area (Å²) >= 11 is 1.20. The fourth-order valence-corrected chi connectivity index (χ4v) is 5.26. The topological polar surface area (TPSA) is 111 Å². The Morgan fingerprint density at radius 1 is 1.09 bits per heavy atom. The van der Waals surface area contributed by atoms with E-state index in [1.807, 2.05) is 25.1 Å². The molecule has 0 aliphatic carbocycles. The second-order valence-electron chi connectivity index (χ2n) is 9.74. The molecule has 10 nitrogen and oxygen atoms in total. The normalized spacial score (nSPS) is 14.3. The molecule has 1 fully saturated rings. The van der Waals surface area contributed by atoms with Crippen LogP contribution in [0.1, 0.15) is 30.0 Å². The van der Waals surface area contributed by atoms with E-state index < -0.39 is 12.4 Å². The molecule has 0 spiro atoms. The zero-order chi connectivity index (χ0) is 31.3. The number of anilines is 1. The minimum Gasteiger partial charge on any atom is -0.406 e. The van der Waals surface area contributed by atoms with Crippen molar-refractivity contribution in [2.75, 3.05) is 10.7 Å². The molecule has 1 aliphatic heterocycles. The number of carbonyl (C=O) groups excluding carboxylic acids is 2. The highest BCUT2D eigenvalue weighted by Gasteiger charge is 2.32. The minimum absolute atomic E-state index is 0.0550. The first-order valence-electron chi connectivity index (χ1n) is 13.5. The molecule has 228 valence electrons. The number of carbonyl (C=O) groups is 2. The van der Waals surface area contributed by atoms with Crippen LogP contribution in [-0.4, -0.2) is 44.0 Å². The average Bonchev–Trinajstić information content (AvgIpc) is 3.61. The van der Waals surface area contributed by atoms with Crippen molar-refractivity contribution in [1.29, 1.82) is 0 Å². The maximum absolute atomic E-state index is 12.7. The van der Waals surface area contributed by atoms with Gasteiger partial charge in [-0.15, -0.1) is 18.3 Å². The SMILES string of the molecule is CCCc1ccc(C)cc1N1C(=O)CS/C1=N\C(=O)NOCc1ccc(-c2ncn(-c3ccc(OC(F)(F)F)cc3)n2)cc1. The molecule has 1 saturated heterocycles. The Bertz CT molecular complexity index is 1670. The summed E-state index contributed by atoms with van der Waals surface area (Å²) in [6, 6.07) is 17.5. The van der Waals surface area contributed by atoms with Crippen LogP contribution in [0.5, 0.6) is 5.75 Å². The van der Waals surface area contributed by atoms with Crippen molar-refractivity contribution in [3.8, 4) is 22.8 Å². The summed E-state index contributed by atoms with van der Waals surface area (Å²) in [6.45, 7) is 4.07. The van der Waals surface area contributed by atoms with Crippen molar-refractivity contribution in [2.24, 2.45) is 4.99 Å². The Balaban J connectivity index is 1.17. The zero-order valence-electron chi connectivity index (χ0n) is 23.7. The van der Waals surface area contributed by atoms with E-state index in [1.165, 1.54) is 51.9 Å². The lowest BCUT2D eigenvalue weighted by atomic mass is 10.0. The molecule has 1 N–H and O–H groups in total. The first kappa shape index (κ1) is 30.8. The maximum atomic E-state index is 12.7. The number of amides is 3. The molecule has 0 saturated carbocycles. The lowest BCUT2D eigenvalue weighted by Gasteiger charge is -2.20. The fraction of sp³-hybridized carbons (Fsp3) is 0.233. The smallest absolute Gasteiger partial charge is 0.406 e. The van der Waals surface area contributed by atoms with Gasteiger partial charge in [-0.05, 0) is 60.4 Å². The molecule has 3 aromatic carbocycles. The minimum atomic E-state index is -4.77. The number of alkyl halides is 3. The number of hydrogen-bond donors (Lipinski definition) is 1. The molecule has 3 amide bonds. The number of aliphatic imine (C=N–C) groups is 1. The number of benzene rings is 3. The second-order valence-corrected chi connectivity index (χ2v) is 10.7. The van der Waals surface area contributed by atoms with Gasteiger partial charge in [-0.25, -0.2) is 19.9 Å². The molecule has 0 bridgehead atoms. The standard InChI is InChI=1S/C30H27F3N6O4S/c1-3-4-21-8-5-19(2)15-25(21)39-26(40)17-44-29(39)35-28(41)37-42-16-20-6-9-22(10-7-20)27-34-18-38(36-27)23-11-13-24(14-12-23)43-30(31,32)33/h5-15,18H,3-4,16-17H2,1-2H3,(H,37,41)/b35-29-. The van der Waals surface area contributed by atoms with Gasteiger partial charge >= 0.3 is 12.4 Å². The van der Waals surface area contributed by atoms with Crippen molar-refractivity contribution < 1.29 is 32.3 Å². The summed E-state index contributed by atoms with van der Waals surface area (Å²) in [5.74, 6) is 0.120. The highest BCUT2D eigenvalue weighted by molar-refractivity contribution is 8.15. The zero-order valence-corrected chi connectivity index (χ0v) is 24.5. The number of rotatable bonds is 9. The molecule has 0 radical (unpaired) electrons. The van der Waals surface area contributed by atoms with Gasteiger partial charge in [-0.1, -0.05) is 61.5 Å². The van der Waals surface area contributed by atoms with E-state index >= 15 is 0 Å². The van der Waals surface area contributed by atoms with E-state index in [4.69, 9.17) is 4.84 Å². The van der Waals surface area contributed by atoms with Gasteiger partial charge in [0.2, 0.25) is 5.91 Å². The Labute approximate surface area is 254 Å². The molecule has 5 rings (SSSR count). The van der Waals surface area contributed by atoms with Gasteiger partial charge in [0.25, 0.3) is 0 Å². The molecule has 4 aromatic rings. The van der Waals surface area contributed by atoms with Crippen LogP contribution >= 0.6 is 11.8 Å². The van der Waals surface area contributed by atoms with E-state index in [0.29, 0.717) is 22.2 Å². The lowest BCUT2D eigenvalue weighted by molar-refractivity contribution is -0.274. The number of hydrogen-bond acceptors (Lipinski definition) is 7. The van der Waals surface area contributed by atoms with E-state index in [1.54, 1.807) is 24.3 Å². The fourth-order valence-electron chi connectivity index (χ4n) is 4.41. The summed E-state index contributed by atoms with van der Waals surface area (Å²) in [6.07, 6.45) is -1.61. The van der Waals surface area contributed by atoms with Crippen molar-refractivity contribution in [1.82, 2.24) is 20.2 Å². The van der Waals surface area contributed by atoms with Crippen molar-refractivity contribution in [3.05, 3.63) is 89.7 Å². The lowest BCUT2D eigenvalue weighted by Crippen LogP contribution is -2.32. The molecule has 1 aliphatic rings. The number of aromatic nitrogens is 3. The van der Waals surface area contributed by atoms with Crippen LogP contribution in [0.25, 0.3) is 17.1 Å². The number of nitrogens with zero attached hydrogens (tertiary/aromatic N) is 5. The third-order valence-corrected chi connectivity index (χ3v) is 7.32. The molecule has 1 aromatic heterocycles. The third kappa shape index (κ3) is 7.63. The molecule has 2 heterocycles. The van der Waals surface area contributed by atoms with Crippen LogP contribution in [0, 0.1) is 6.92 Å². The second kappa shape index (κ2) is 13.3. The monoisotopic (exact) mass is 624 g/mol. The van der Waals surface area contributed by atoms with Crippen molar-refractivity contribution >= 4 is 34.6 Å². The average molecular weight is 625 g/mol. The number of halogens is 3. The first-order valence-corrected chi connectivity index (χ1v) is 14.5. The molecular formula is C30H27F3N6O4S. The van der Waals surface area contributed by atoms with Gasteiger partial charge in [0.15, 0.2) is 11.0 Å².